The van der Waals surface area contributed by atoms with Gasteiger partial charge in [0, 0.05) is 40.5 Å². The zero-order chi connectivity index (χ0) is 13.2. The molecule has 1 aromatic carbocycles. The molecule has 1 aromatic heterocycles. The fourth-order valence-corrected chi connectivity index (χ4v) is 3.84. The van der Waals surface area contributed by atoms with E-state index in [-0.39, 0.29) is 11.9 Å². The van der Waals surface area contributed by atoms with E-state index in [4.69, 9.17) is 11.6 Å². The van der Waals surface area contributed by atoms with Crippen molar-refractivity contribution in [1.29, 1.82) is 0 Å². The molecule has 19 heavy (non-hydrogen) atoms. The van der Waals surface area contributed by atoms with Gasteiger partial charge in [0.25, 0.3) is 0 Å². The van der Waals surface area contributed by atoms with Gasteiger partial charge in [-0.25, -0.2) is 0 Å². The maximum atomic E-state index is 11.1. The third kappa shape index (κ3) is 2.76. The van der Waals surface area contributed by atoms with E-state index in [2.05, 4.69) is 22.8 Å². The molecule has 5 heteroatoms. The Hall–Kier alpha value is -1.10. The van der Waals surface area contributed by atoms with Gasteiger partial charge in [-0.2, -0.15) is 0 Å². The molecule has 1 fully saturated rings. The summed E-state index contributed by atoms with van der Waals surface area (Å²) >= 11 is 8.10. The largest absolute Gasteiger partial charge is 0.352 e. The Labute approximate surface area is 121 Å². The fraction of sp³-hybridized carbons (Fsp3) is 0.357. The van der Waals surface area contributed by atoms with Gasteiger partial charge in [-0.1, -0.05) is 29.8 Å². The van der Waals surface area contributed by atoms with Gasteiger partial charge < -0.3 is 10.6 Å². The van der Waals surface area contributed by atoms with E-state index in [0.717, 1.165) is 34.8 Å². The van der Waals surface area contributed by atoms with Gasteiger partial charge in [0.2, 0.25) is 5.91 Å². The summed E-state index contributed by atoms with van der Waals surface area (Å²) in [5, 5.41) is 8.30. The van der Waals surface area contributed by atoms with Crippen LogP contribution in [0.4, 0.5) is 0 Å². The quantitative estimate of drug-likeness (QED) is 0.910. The summed E-state index contributed by atoms with van der Waals surface area (Å²) in [6.07, 6.45) is 1.57. The predicted molar refractivity (Wildman–Crippen MR) is 79.7 cm³/mol. The Bertz CT molecular complexity index is 611. The van der Waals surface area contributed by atoms with Crippen LogP contribution in [0, 0.1) is 0 Å². The predicted octanol–water partition coefficient (Wildman–Crippen LogP) is 2.92. The fourth-order valence-electron chi connectivity index (χ4n) is 2.37. The number of fused-ring (bicyclic) bond motifs is 1. The number of rotatable bonds is 4. The molecule has 2 aromatic rings. The maximum absolute atomic E-state index is 11.1. The van der Waals surface area contributed by atoms with Gasteiger partial charge >= 0.3 is 0 Å². The molecule has 1 unspecified atom stereocenters. The van der Waals surface area contributed by atoms with E-state index in [1.54, 1.807) is 11.3 Å². The number of nitrogens with one attached hydrogen (secondary N) is 2. The number of hydrogen-bond acceptors (Lipinski definition) is 3. The van der Waals surface area contributed by atoms with Crippen molar-refractivity contribution in [2.24, 2.45) is 0 Å². The van der Waals surface area contributed by atoms with E-state index >= 15 is 0 Å². The minimum Gasteiger partial charge on any atom is -0.352 e. The molecule has 3 rings (SSSR count). The van der Waals surface area contributed by atoms with Crippen LogP contribution in [0.3, 0.4) is 0 Å². The average Bonchev–Trinajstić information content (AvgIpc) is 2.96. The summed E-state index contributed by atoms with van der Waals surface area (Å²) in [6, 6.07) is 8.44. The third-order valence-electron chi connectivity index (χ3n) is 3.36. The standard InChI is InChI=1S/C14H15ClN2OS/c15-14-10-3-1-2-4-11(10)19-12(14)8-16-7-9-5-6-13(18)17-9/h1-4,9,16H,5-8H2,(H,17,18). The Morgan fingerprint density at radius 3 is 3.00 bits per heavy atom. The van der Waals surface area contributed by atoms with E-state index in [1.807, 2.05) is 12.1 Å². The second-order valence-corrected chi connectivity index (χ2v) is 6.28. The van der Waals surface area contributed by atoms with Crippen LogP contribution in [0.1, 0.15) is 17.7 Å². The molecule has 0 bridgehead atoms. The van der Waals surface area contributed by atoms with E-state index in [0.29, 0.717) is 6.42 Å². The lowest BCUT2D eigenvalue weighted by Gasteiger charge is -2.10. The van der Waals surface area contributed by atoms with E-state index in [9.17, 15) is 4.79 Å². The van der Waals surface area contributed by atoms with Crippen molar-refractivity contribution in [3.63, 3.8) is 0 Å². The highest BCUT2D eigenvalue weighted by Gasteiger charge is 2.20. The van der Waals surface area contributed by atoms with Crippen LogP contribution in [0.2, 0.25) is 5.02 Å². The van der Waals surface area contributed by atoms with Crippen molar-refractivity contribution >= 4 is 38.9 Å². The minimum atomic E-state index is 0.159. The van der Waals surface area contributed by atoms with Crippen LogP contribution in [-0.4, -0.2) is 18.5 Å². The first-order chi connectivity index (χ1) is 9.24. The Balaban J connectivity index is 1.62. The van der Waals surface area contributed by atoms with Crippen LogP contribution < -0.4 is 10.6 Å². The Morgan fingerprint density at radius 2 is 2.26 bits per heavy atom. The molecule has 100 valence electrons. The van der Waals surface area contributed by atoms with Crippen LogP contribution >= 0.6 is 22.9 Å². The number of carbonyl (C=O) groups is 1. The SMILES string of the molecule is O=C1CCC(CNCc2sc3ccccc3c2Cl)N1. The number of thiophene rings is 1. The summed E-state index contributed by atoms with van der Waals surface area (Å²) in [6.45, 7) is 1.56. The molecule has 1 saturated heterocycles. The first kappa shape index (κ1) is 12.9. The molecular formula is C14H15ClN2OS. The first-order valence-corrected chi connectivity index (χ1v) is 7.59. The molecule has 1 aliphatic rings. The molecule has 0 saturated carbocycles. The number of benzene rings is 1. The molecule has 0 aliphatic carbocycles. The molecular weight excluding hydrogens is 280 g/mol. The third-order valence-corrected chi connectivity index (χ3v) is 5.08. The smallest absolute Gasteiger partial charge is 0.220 e. The van der Waals surface area contributed by atoms with E-state index in [1.165, 1.54) is 4.70 Å². The normalized spacial score (nSPS) is 19.0. The summed E-state index contributed by atoms with van der Waals surface area (Å²) in [5.74, 6) is 0.159. The van der Waals surface area contributed by atoms with Gasteiger partial charge in [0.15, 0.2) is 0 Å². The van der Waals surface area contributed by atoms with Crippen molar-refractivity contribution in [3.8, 4) is 0 Å². The average molecular weight is 295 g/mol. The molecule has 1 aliphatic heterocycles. The second kappa shape index (κ2) is 5.49. The topological polar surface area (TPSA) is 41.1 Å². The summed E-state index contributed by atoms with van der Waals surface area (Å²) in [5.41, 5.74) is 0. The van der Waals surface area contributed by atoms with Crippen LogP contribution in [0.15, 0.2) is 24.3 Å². The maximum Gasteiger partial charge on any atom is 0.220 e. The summed E-state index contributed by atoms with van der Waals surface area (Å²) < 4.78 is 1.22. The molecule has 3 nitrogen and oxygen atoms in total. The highest BCUT2D eigenvalue weighted by Crippen LogP contribution is 2.34. The monoisotopic (exact) mass is 294 g/mol. The van der Waals surface area contributed by atoms with Gasteiger partial charge in [-0.3, -0.25) is 4.79 Å². The molecule has 0 radical (unpaired) electrons. The van der Waals surface area contributed by atoms with Crippen LogP contribution in [0.5, 0.6) is 0 Å². The zero-order valence-electron chi connectivity index (χ0n) is 10.4. The van der Waals surface area contributed by atoms with Gasteiger partial charge in [0.1, 0.15) is 0 Å². The number of halogens is 1. The molecule has 0 spiro atoms. The lowest BCUT2D eigenvalue weighted by Crippen LogP contribution is -2.35. The highest BCUT2D eigenvalue weighted by atomic mass is 35.5. The molecule has 1 atom stereocenters. The van der Waals surface area contributed by atoms with E-state index < -0.39 is 0 Å². The van der Waals surface area contributed by atoms with Crippen molar-refractivity contribution in [1.82, 2.24) is 10.6 Å². The number of hydrogen-bond donors (Lipinski definition) is 2. The van der Waals surface area contributed by atoms with Gasteiger partial charge in [-0.15, -0.1) is 11.3 Å². The molecule has 1 amide bonds. The first-order valence-electron chi connectivity index (χ1n) is 6.40. The van der Waals surface area contributed by atoms with Crippen molar-refractivity contribution < 1.29 is 4.79 Å². The zero-order valence-corrected chi connectivity index (χ0v) is 12.0. The van der Waals surface area contributed by atoms with Crippen molar-refractivity contribution in [2.45, 2.75) is 25.4 Å². The summed E-state index contributed by atoms with van der Waals surface area (Å²) in [7, 11) is 0. The van der Waals surface area contributed by atoms with Crippen LogP contribution in [-0.2, 0) is 11.3 Å². The number of carbonyl (C=O) groups excluding carboxylic acids is 1. The van der Waals surface area contributed by atoms with Crippen LogP contribution in [0.25, 0.3) is 10.1 Å². The van der Waals surface area contributed by atoms with Gasteiger partial charge in [0.05, 0.1) is 5.02 Å². The van der Waals surface area contributed by atoms with Gasteiger partial charge in [-0.05, 0) is 12.5 Å². The Kier molecular flexibility index (Phi) is 3.73. The van der Waals surface area contributed by atoms with Crippen molar-refractivity contribution in [3.05, 3.63) is 34.2 Å². The number of amides is 1. The highest BCUT2D eigenvalue weighted by molar-refractivity contribution is 7.19. The second-order valence-electron chi connectivity index (χ2n) is 4.77. The Morgan fingerprint density at radius 1 is 1.42 bits per heavy atom. The lowest BCUT2D eigenvalue weighted by molar-refractivity contribution is -0.119. The summed E-state index contributed by atoms with van der Waals surface area (Å²) in [4.78, 5) is 12.3. The van der Waals surface area contributed by atoms with Crippen molar-refractivity contribution in [2.75, 3.05) is 6.54 Å². The molecule has 2 heterocycles. The lowest BCUT2D eigenvalue weighted by atomic mass is 10.2. The molecule has 2 N–H and O–H groups in total. The minimum absolute atomic E-state index is 0.159.